The van der Waals surface area contributed by atoms with Gasteiger partial charge in [0, 0.05) is 29.0 Å². The van der Waals surface area contributed by atoms with Crippen LogP contribution in [-0.2, 0) is 11.3 Å². The molecule has 2 aliphatic rings. The maximum Gasteiger partial charge on any atom is 0.241 e. The molecule has 162 valence electrons. The third-order valence-corrected chi connectivity index (χ3v) is 7.51. The zero-order valence-corrected chi connectivity index (χ0v) is 18.4. The van der Waals surface area contributed by atoms with E-state index < -0.39 is 0 Å². The van der Waals surface area contributed by atoms with E-state index in [0.29, 0.717) is 18.3 Å². The second-order valence-corrected chi connectivity index (χ2v) is 9.76. The second-order valence-electron chi connectivity index (χ2n) is 8.35. The Bertz CT molecular complexity index is 784. The highest BCUT2D eigenvalue weighted by Crippen LogP contribution is 2.28. The number of benzene rings is 1. The van der Waals surface area contributed by atoms with Crippen LogP contribution in [0.25, 0.3) is 11.4 Å². The molecule has 0 bridgehead atoms. The van der Waals surface area contributed by atoms with Gasteiger partial charge in [-0.15, -0.1) is 0 Å². The van der Waals surface area contributed by atoms with Crippen LogP contribution < -0.4 is 5.32 Å². The van der Waals surface area contributed by atoms with Crippen molar-refractivity contribution in [3.63, 3.8) is 0 Å². The zero-order valence-electron chi connectivity index (χ0n) is 17.6. The molecule has 0 unspecified atom stereocenters. The number of rotatable bonds is 8. The molecule has 2 aromatic rings. The van der Waals surface area contributed by atoms with E-state index in [0.717, 1.165) is 49.0 Å². The molecule has 2 heterocycles. The van der Waals surface area contributed by atoms with Crippen molar-refractivity contribution in [2.45, 2.75) is 56.7 Å². The fraction of sp³-hybridized carbons (Fsp3) is 0.609. The third kappa shape index (κ3) is 6.08. The predicted molar refractivity (Wildman–Crippen MR) is 120 cm³/mol. The van der Waals surface area contributed by atoms with Crippen molar-refractivity contribution in [2.24, 2.45) is 5.92 Å². The first-order valence-corrected chi connectivity index (χ1v) is 12.3. The van der Waals surface area contributed by atoms with Crippen molar-refractivity contribution in [1.29, 1.82) is 0 Å². The minimum absolute atomic E-state index is 0.128. The lowest BCUT2D eigenvalue weighted by atomic mass is 9.96. The number of thioether (sulfide) groups is 1. The van der Waals surface area contributed by atoms with E-state index in [4.69, 9.17) is 4.52 Å². The van der Waals surface area contributed by atoms with Crippen molar-refractivity contribution in [1.82, 2.24) is 20.4 Å². The largest absolute Gasteiger partial charge is 0.355 e. The number of carbonyl (C=O) groups is 1. The Kier molecular flexibility index (Phi) is 7.81. The molecule has 1 N–H and O–H groups in total. The van der Waals surface area contributed by atoms with E-state index >= 15 is 0 Å². The van der Waals surface area contributed by atoms with Crippen molar-refractivity contribution < 1.29 is 9.32 Å². The van der Waals surface area contributed by atoms with Gasteiger partial charge in [0.2, 0.25) is 17.6 Å². The Balaban J connectivity index is 1.14. The van der Waals surface area contributed by atoms with E-state index in [1.807, 2.05) is 42.1 Å². The highest BCUT2D eigenvalue weighted by molar-refractivity contribution is 7.99. The monoisotopic (exact) mass is 428 g/mol. The van der Waals surface area contributed by atoms with Gasteiger partial charge in [-0.2, -0.15) is 16.7 Å². The molecule has 0 spiro atoms. The molecule has 1 aliphatic carbocycles. The van der Waals surface area contributed by atoms with Crippen molar-refractivity contribution in [2.75, 3.05) is 25.4 Å². The van der Waals surface area contributed by atoms with E-state index in [9.17, 15) is 4.79 Å². The SMILES string of the molecule is O=C(NCCSC1CCCCC1)C1CCN(Cc2nc(-c3ccccc3)no2)CC1. The van der Waals surface area contributed by atoms with Crippen LogP contribution in [0.4, 0.5) is 0 Å². The summed E-state index contributed by atoms with van der Waals surface area (Å²) in [5.74, 6) is 2.66. The van der Waals surface area contributed by atoms with Gasteiger partial charge < -0.3 is 9.84 Å². The standard InChI is InChI=1S/C23H32N4O2S/c28-23(24-13-16-30-20-9-5-2-6-10-20)19-11-14-27(15-12-19)17-21-25-22(26-29-21)18-7-3-1-4-8-18/h1,3-4,7-8,19-20H,2,5-6,9-17H2,(H,24,28). The highest BCUT2D eigenvalue weighted by atomic mass is 32.2. The number of amides is 1. The zero-order chi connectivity index (χ0) is 20.6. The van der Waals surface area contributed by atoms with Gasteiger partial charge in [0.05, 0.1) is 6.54 Å². The number of piperidine rings is 1. The molecule has 0 radical (unpaired) electrons. The minimum Gasteiger partial charge on any atom is -0.355 e. The minimum atomic E-state index is 0.128. The quantitative estimate of drug-likeness (QED) is 0.638. The van der Waals surface area contributed by atoms with Gasteiger partial charge in [-0.25, -0.2) is 0 Å². The van der Waals surface area contributed by atoms with Crippen LogP contribution in [0, 0.1) is 5.92 Å². The highest BCUT2D eigenvalue weighted by Gasteiger charge is 2.26. The van der Waals surface area contributed by atoms with Crippen LogP contribution >= 0.6 is 11.8 Å². The maximum atomic E-state index is 12.5. The van der Waals surface area contributed by atoms with Gasteiger partial charge in [-0.1, -0.05) is 54.8 Å². The van der Waals surface area contributed by atoms with E-state index in [1.165, 1.54) is 32.1 Å². The smallest absolute Gasteiger partial charge is 0.241 e. The molecule has 1 saturated carbocycles. The summed E-state index contributed by atoms with van der Waals surface area (Å²) >= 11 is 2.04. The number of nitrogens with zero attached hydrogens (tertiary/aromatic N) is 3. The van der Waals surface area contributed by atoms with Gasteiger partial charge in [-0.05, 0) is 38.8 Å². The summed E-state index contributed by atoms with van der Waals surface area (Å²) in [6.07, 6.45) is 8.63. The summed E-state index contributed by atoms with van der Waals surface area (Å²) < 4.78 is 5.43. The molecule has 1 aromatic carbocycles. The van der Waals surface area contributed by atoms with Gasteiger partial charge in [0.25, 0.3) is 0 Å². The van der Waals surface area contributed by atoms with Gasteiger partial charge in [0.1, 0.15) is 0 Å². The number of nitrogens with one attached hydrogen (secondary N) is 1. The molecule has 30 heavy (non-hydrogen) atoms. The van der Waals surface area contributed by atoms with E-state index in [-0.39, 0.29) is 11.8 Å². The first-order chi connectivity index (χ1) is 14.8. The van der Waals surface area contributed by atoms with Crippen molar-refractivity contribution in [3.05, 3.63) is 36.2 Å². The lowest BCUT2D eigenvalue weighted by Gasteiger charge is -2.30. The summed E-state index contributed by atoms with van der Waals surface area (Å²) in [6.45, 7) is 3.21. The Morgan fingerprint density at radius 3 is 2.63 bits per heavy atom. The first-order valence-electron chi connectivity index (χ1n) is 11.3. The Morgan fingerprint density at radius 1 is 1.10 bits per heavy atom. The summed E-state index contributed by atoms with van der Waals surface area (Å²) in [4.78, 5) is 19.3. The van der Waals surface area contributed by atoms with Crippen LogP contribution in [0.3, 0.4) is 0 Å². The summed E-state index contributed by atoms with van der Waals surface area (Å²) in [7, 11) is 0. The van der Waals surface area contributed by atoms with Gasteiger partial charge in [-0.3, -0.25) is 9.69 Å². The molecule has 1 aromatic heterocycles. The van der Waals surface area contributed by atoms with E-state index in [2.05, 4.69) is 20.4 Å². The Hall–Kier alpha value is -1.86. The molecule has 1 amide bonds. The topological polar surface area (TPSA) is 71.3 Å². The van der Waals surface area contributed by atoms with Gasteiger partial charge >= 0.3 is 0 Å². The van der Waals surface area contributed by atoms with Crippen LogP contribution in [0.2, 0.25) is 0 Å². The molecule has 6 nitrogen and oxygen atoms in total. The number of aromatic nitrogens is 2. The third-order valence-electron chi connectivity index (χ3n) is 6.12. The Morgan fingerprint density at radius 2 is 1.87 bits per heavy atom. The molecular formula is C23H32N4O2S. The fourth-order valence-corrected chi connectivity index (χ4v) is 5.56. The van der Waals surface area contributed by atoms with Crippen LogP contribution in [-0.4, -0.2) is 51.6 Å². The fourth-order valence-electron chi connectivity index (χ4n) is 4.34. The number of hydrogen-bond donors (Lipinski definition) is 1. The maximum absolute atomic E-state index is 12.5. The summed E-state index contributed by atoms with van der Waals surface area (Å²) in [5.41, 5.74) is 0.963. The van der Waals surface area contributed by atoms with Gasteiger partial charge in [0.15, 0.2) is 0 Å². The second kappa shape index (κ2) is 11.0. The molecule has 7 heteroatoms. The number of carbonyl (C=O) groups excluding carboxylic acids is 1. The van der Waals surface area contributed by atoms with Crippen molar-refractivity contribution >= 4 is 17.7 Å². The van der Waals surface area contributed by atoms with Crippen molar-refractivity contribution in [3.8, 4) is 11.4 Å². The molecule has 1 saturated heterocycles. The lowest BCUT2D eigenvalue weighted by molar-refractivity contribution is -0.126. The molecule has 0 atom stereocenters. The first kappa shape index (κ1) is 21.4. The summed E-state index contributed by atoms with van der Waals surface area (Å²) in [6, 6.07) is 9.87. The average Bonchev–Trinajstić information content (AvgIpc) is 3.27. The molecule has 4 rings (SSSR count). The summed E-state index contributed by atoms with van der Waals surface area (Å²) in [5, 5.41) is 8.06. The van der Waals surface area contributed by atoms with Crippen LogP contribution in [0.1, 0.15) is 50.8 Å². The molecular weight excluding hydrogens is 396 g/mol. The molecule has 1 aliphatic heterocycles. The Labute approximate surface area is 183 Å². The van der Waals surface area contributed by atoms with E-state index in [1.54, 1.807) is 0 Å². The number of hydrogen-bond acceptors (Lipinski definition) is 6. The van der Waals surface area contributed by atoms with Crippen LogP contribution in [0.5, 0.6) is 0 Å². The lowest BCUT2D eigenvalue weighted by Crippen LogP contribution is -2.40. The average molecular weight is 429 g/mol. The predicted octanol–water partition coefficient (Wildman–Crippen LogP) is 4.13. The molecule has 2 fully saturated rings. The number of likely N-dealkylation sites (tertiary alicyclic amines) is 1. The van der Waals surface area contributed by atoms with Crippen LogP contribution in [0.15, 0.2) is 34.9 Å². The normalized spacial score (nSPS) is 19.1.